The van der Waals surface area contributed by atoms with Crippen molar-refractivity contribution in [1.29, 1.82) is 0 Å². The van der Waals surface area contributed by atoms with Gasteiger partial charge >= 0.3 is 5.97 Å². The van der Waals surface area contributed by atoms with E-state index in [0.29, 0.717) is 28.9 Å². The maximum Gasteiger partial charge on any atom is 0.337 e. The van der Waals surface area contributed by atoms with Gasteiger partial charge in [0.05, 0.1) is 18.1 Å². The second kappa shape index (κ2) is 6.99. The molecule has 25 heavy (non-hydrogen) atoms. The molecular weight excluding hydrogens is 344 g/mol. The normalized spacial score (nSPS) is 10.7. The number of aryl methyl sites for hydroxylation is 1. The van der Waals surface area contributed by atoms with Gasteiger partial charge in [0, 0.05) is 5.56 Å². The molecule has 0 fully saturated rings. The molecule has 2 aromatic carbocycles. The zero-order chi connectivity index (χ0) is 18.0. The van der Waals surface area contributed by atoms with E-state index in [4.69, 9.17) is 20.8 Å². The van der Waals surface area contributed by atoms with Crippen LogP contribution in [0.2, 0.25) is 5.02 Å². The number of esters is 1. The molecule has 1 aromatic heterocycles. The number of carbonyl (C=O) groups is 1. The Morgan fingerprint density at radius 3 is 2.56 bits per heavy atom. The van der Waals surface area contributed by atoms with Crippen molar-refractivity contribution < 1.29 is 18.7 Å². The molecule has 0 atom stereocenters. The van der Waals surface area contributed by atoms with Gasteiger partial charge in [-0.25, -0.2) is 4.79 Å². The monoisotopic (exact) mass is 358 g/mol. The van der Waals surface area contributed by atoms with Crippen LogP contribution in [0.15, 0.2) is 51.9 Å². The number of ether oxygens (including phenoxy) is 2. The van der Waals surface area contributed by atoms with E-state index in [2.05, 4.69) is 4.74 Å². The molecule has 3 rings (SSSR count). The highest BCUT2D eigenvalue weighted by molar-refractivity contribution is 6.30. The van der Waals surface area contributed by atoms with Gasteiger partial charge in [-0.1, -0.05) is 23.7 Å². The summed E-state index contributed by atoms with van der Waals surface area (Å²) in [6, 6.07) is 10.3. The summed E-state index contributed by atoms with van der Waals surface area (Å²) in [4.78, 5) is 23.4. The average molecular weight is 359 g/mol. The third-order valence-corrected chi connectivity index (χ3v) is 4.13. The Bertz CT molecular complexity index is 989. The van der Waals surface area contributed by atoms with Crippen LogP contribution in [0.25, 0.3) is 11.0 Å². The van der Waals surface area contributed by atoms with Gasteiger partial charge in [0.25, 0.3) is 0 Å². The summed E-state index contributed by atoms with van der Waals surface area (Å²) in [6.07, 6.45) is 1.23. The predicted octanol–water partition coefficient (Wildman–Crippen LogP) is 4.12. The molecule has 5 nitrogen and oxygen atoms in total. The van der Waals surface area contributed by atoms with Gasteiger partial charge in [0.2, 0.25) is 5.43 Å². The third kappa shape index (κ3) is 3.37. The molecule has 128 valence electrons. The van der Waals surface area contributed by atoms with Gasteiger partial charge in [-0.15, -0.1) is 0 Å². The molecule has 0 radical (unpaired) electrons. The molecule has 0 aliphatic carbocycles. The summed E-state index contributed by atoms with van der Waals surface area (Å²) >= 11 is 5.80. The SMILES string of the molecule is COC(=O)c1ccc(COc2ccc3c(=O)c(Cl)coc3c2C)cc1. The maximum atomic E-state index is 12.0. The second-order valence-corrected chi connectivity index (χ2v) is 5.86. The van der Waals surface area contributed by atoms with Crippen molar-refractivity contribution >= 4 is 28.5 Å². The summed E-state index contributed by atoms with van der Waals surface area (Å²) in [5.74, 6) is 0.224. The lowest BCUT2D eigenvalue weighted by Crippen LogP contribution is -2.04. The van der Waals surface area contributed by atoms with Crippen LogP contribution in [0.1, 0.15) is 21.5 Å². The minimum atomic E-state index is -0.383. The maximum absolute atomic E-state index is 12.0. The number of halogens is 1. The van der Waals surface area contributed by atoms with Crippen molar-refractivity contribution in [3.8, 4) is 5.75 Å². The zero-order valence-corrected chi connectivity index (χ0v) is 14.4. The Hall–Kier alpha value is -2.79. The molecule has 0 saturated carbocycles. The van der Waals surface area contributed by atoms with Crippen molar-refractivity contribution in [2.75, 3.05) is 7.11 Å². The summed E-state index contributed by atoms with van der Waals surface area (Å²) in [7, 11) is 1.34. The molecule has 1 heterocycles. The van der Waals surface area contributed by atoms with Crippen LogP contribution in [0.5, 0.6) is 5.75 Å². The van der Waals surface area contributed by atoms with E-state index in [9.17, 15) is 9.59 Å². The molecule has 0 bridgehead atoms. The topological polar surface area (TPSA) is 65.7 Å². The average Bonchev–Trinajstić information content (AvgIpc) is 2.64. The van der Waals surface area contributed by atoms with Crippen molar-refractivity contribution in [2.24, 2.45) is 0 Å². The lowest BCUT2D eigenvalue weighted by Gasteiger charge is -2.11. The molecule has 0 N–H and O–H groups in total. The van der Waals surface area contributed by atoms with E-state index in [0.717, 1.165) is 11.1 Å². The molecule has 6 heteroatoms. The second-order valence-electron chi connectivity index (χ2n) is 5.46. The molecule has 3 aromatic rings. The van der Waals surface area contributed by atoms with Crippen LogP contribution in [0, 0.1) is 6.92 Å². The van der Waals surface area contributed by atoms with Crippen molar-refractivity contribution in [1.82, 2.24) is 0 Å². The van der Waals surface area contributed by atoms with Crippen molar-refractivity contribution in [3.63, 3.8) is 0 Å². The third-order valence-electron chi connectivity index (χ3n) is 3.87. The quantitative estimate of drug-likeness (QED) is 0.656. The van der Waals surface area contributed by atoms with Crippen LogP contribution >= 0.6 is 11.6 Å². The Morgan fingerprint density at radius 1 is 1.16 bits per heavy atom. The van der Waals surface area contributed by atoms with Crippen molar-refractivity contribution in [3.05, 3.63) is 74.6 Å². The molecule has 0 aliphatic heterocycles. The van der Waals surface area contributed by atoms with Gasteiger partial charge in [-0.05, 0) is 36.8 Å². The number of hydrogen-bond donors (Lipinski definition) is 0. The lowest BCUT2D eigenvalue weighted by molar-refractivity contribution is 0.0600. The predicted molar refractivity (Wildman–Crippen MR) is 94.3 cm³/mol. The minimum absolute atomic E-state index is 0.0475. The minimum Gasteiger partial charge on any atom is -0.488 e. The van der Waals surface area contributed by atoms with Gasteiger partial charge < -0.3 is 13.9 Å². The van der Waals surface area contributed by atoms with E-state index in [1.807, 2.05) is 6.92 Å². The van der Waals surface area contributed by atoms with Crippen LogP contribution in [0.3, 0.4) is 0 Å². The van der Waals surface area contributed by atoms with Gasteiger partial charge in [0.1, 0.15) is 29.2 Å². The Kier molecular flexibility index (Phi) is 4.76. The molecule has 0 unspecified atom stereocenters. The van der Waals surface area contributed by atoms with Gasteiger partial charge in [-0.3, -0.25) is 4.79 Å². The number of carbonyl (C=O) groups excluding carboxylic acids is 1. The standard InChI is InChI=1S/C19H15ClO5/c1-11-16(8-7-14-17(21)15(20)10-25-18(11)14)24-9-12-3-5-13(6-4-12)19(22)23-2/h3-8,10H,9H2,1-2H3. The number of rotatable bonds is 4. The van der Waals surface area contributed by atoms with Gasteiger partial charge in [-0.2, -0.15) is 0 Å². The molecule has 0 saturated heterocycles. The van der Waals surface area contributed by atoms with E-state index < -0.39 is 0 Å². The van der Waals surface area contributed by atoms with E-state index >= 15 is 0 Å². The van der Waals surface area contributed by atoms with E-state index in [-0.39, 0.29) is 16.4 Å². The molecular formula is C19H15ClO5. The van der Waals surface area contributed by atoms with E-state index in [1.165, 1.54) is 13.4 Å². The summed E-state index contributed by atoms with van der Waals surface area (Å²) in [5, 5.41) is 0.464. The first-order chi connectivity index (χ1) is 12.0. The number of hydrogen-bond acceptors (Lipinski definition) is 5. The van der Waals surface area contributed by atoms with Crippen LogP contribution < -0.4 is 10.2 Å². The Labute approximate surface area is 148 Å². The zero-order valence-electron chi connectivity index (χ0n) is 13.7. The van der Waals surface area contributed by atoms with Gasteiger partial charge in [0.15, 0.2) is 0 Å². The Morgan fingerprint density at radius 2 is 1.88 bits per heavy atom. The first-order valence-corrected chi connectivity index (χ1v) is 7.89. The molecule has 0 aliphatic rings. The summed E-state index contributed by atoms with van der Waals surface area (Å²) < 4.78 is 15.9. The number of benzene rings is 2. The highest BCUT2D eigenvalue weighted by atomic mass is 35.5. The first kappa shape index (κ1) is 17.0. The fraction of sp³-hybridized carbons (Fsp3) is 0.158. The molecule has 0 spiro atoms. The molecule has 0 amide bonds. The van der Waals surface area contributed by atoms with Crippen LogP contribution in [0.4, 0.5) is 0 Å². The lowest BCUT2D eigenvalue weighted by atomic mass is 10.1. The highest BCUT2D eigenvalue weighted by Crippen LogP contribution is 2.27. The number of methoxy groups -OCH3 is 1. The van der Waals surface area contributed by atoms with Crippen LogP contribution in [-0.4, -0.2) is 13.1 Å². The fourth-order valence-corrected chi connectivity index (χ4v) is 2.62. The highest BCUT2D eigenvalue weighted by Gasteiger charge is 2.12. The Balaban J connectivity index is 1.82. The summed E-state index contributed by atoms with van der Waals surface area (Å²) in [5.41, 5.74) is 2.28. The van der Waals surface area contributed by atoms with E-state index in [1.54, 1.807) is 36.4 Å². The largest absolute Gasteiger partial charge is 0.488 e. The first-order valence-electron chi connectivity index (χ1n) is 7.52. The fourth-order valence-electron chi connectivity index (χ4n) is 2.47. The number of fused-ring (bicyclic) bond motifs is 1. The van der Waals surface area contributed by atoms with Crippen LogP contribution in [-0.2, 0) is 11.3 Å². The smallest absolute Gasteiger partial charge is 0.337 e. The summed E-state index contributed by atoms with van der Waals surface area (Å²) in [6.45, 7) is 2.13. The van der Waals surface area contributed by atoms with Crippen molar-refractivity contribution in [2.45, 2.75) is 13.5 Å².